The average Bonchev–Trinajstić information content (AvgIpc) is 2.69. The highest BCUT2D eigenvalue weighted by atomic mass is 19.4. The van der Waals surface area contributed by atoms with Gasteiger partial charge in [-0.3, -0.25) is 9.59 Å². The highest BCUT2D eigenvalue weighted by molar-refractivity contribution is 6.00. The first-order valence-corrected chi connectivity index (χ1v) is 8.78. The maximum Gasteiger partial charge on any atom is 0.416 e. The molecule has 3 N–H and O–H groups in total. The van der Waals surface area contributed by atoms with Crippen LogP contribution in [0.2, 0.25) is 0 Å². The van der Waals surface area contributed by atoms with Gasteiger partial charge in [-0.25, -0.2) is 0 Å². The first-order valence-electron chi connectivity index (χ1n) is 8.78. The molecule has 0 saturated heterocycles. The third-order valence-electron chi connectivity index (χ3n) is 4.59. The molecule has 0 unspecified atom stereocenters. The van der Waals surface area contributed by atoms with Gasteiger partial charge in [-0.15, -0.1) is 0 Å². The molecule has 0 bridgehead atoms. The van der Waals surface area contributed by atoms with Crippen molar-refractivity contribution in [3.63, 3.8) is 0 Å². The molecule has 1 aliphatic carbocycles. The van der Waals surface area contributed by atoms with Gasteiger partial charge in [0.25, 0.3) is 5.91 Å². The van der Waals surface area contributed by atoms with Gasteiger partial charge in [0.15, 0.2) is 5.75 Å². The number of rotatable bonds is 4. The van der Waals surface area contributed by atoms with Gasteiger partial charge < -0.3 is 15.7 Å². The van der Waals surface area contributed by atoms with Gasteiger partial charge in [0.1, 0.15) is 0 Å². The zero-order valence-electron chi connectivity index (χ0n) is 14.4. The van der Waals surface area contributed by atoms with Crippen LogP contribution in [0.5, 0.6) is 5.75 Å². The van der Waals surface area contributed by atoms with E-state index in [1.807, 2.05) is 5.32 Å². The lowest BCUT2D eigenvalue weighted by atomic mass is 10.0. The second-order valence-electron chi connectivity index (χ2n) is 6.55. The third kappa shape index (κ3) is 5.37. The minimum Gasteiger partial charge on any atom is -0.505 e. The van der Waals surface area contributed by atoms with Crippen molar-refractivity contribution in [1.82, 2.24) is 5.32 Å². The van der Waals surface area contributed by atoms with Crippen molar-refractivity contribution in [2.24, 2.45) is 0 Å². The topological polar surface area (TPSA) is 78.4 Å². The Morgan fingerprint density at radius 2 is 1.65 bits per heavy atom. The van der Waals surface area contributed by atoms with Gasteiger partial charge in [-0.1, -0.05) is 38.5 Å². The Labute approximate surface area is 150 Å². The molecule has 144 valence electrons. The number of benzene rings is 1. The Bertz CT molecular complexity index is 637. The summed E-state index contributed by atoms with van der Waals surface area (Å²) in [7, 11) is 0. The van der Waals surface area contributed by atoms with E-state index in [0.29, 0.717) is 12.1 Å². The van der Waals surface area contributed by atoms with Crippen molar-refractivity contribution in [2.75, 3.05) is 5.32 Å². The van der Waals surface area contributed by atoms with E-state index < -0.39 is 34.6 Å². The summed E-state index contributed by atoms with van der Waals surface area (Å²) in [4.78, 5) is 23.1. The van der Waals surface area contributed by atoms with Crippen LogP contribution < -0.4 is 10.6 Å². The van der Waals surface area contributed by atoms with Crippen LogP contribution in [-0.2, 0) is 11.0 Å². The molecule has 5 nitrogen and oxygen atoms in total. The number of alkyl halides is 3. The zero-order chi connectivity index (χ0) is 19.2. The summed E-state index contributed by atoms with van der Waals surface area (Å²) in [6.45, 7) is 0. The van der Waals surface area contributed by atoms with Gasteiger partial charge in [0, 0.05) is 6.04 Å². The number of amides is 2. The van der Waals surface area contributed by atoms with Crippen LogP contribution in [-0.4, -0.2) is 23.5 Å². The lowest BCUT2D eigenvalue weighted by Crippen LogP contribution is -2.35. The van der Waals surface area contributed by atoms with Crippen LogP contribution in [0.1, 0.15) is 67.3 Å². The van der Waals surface area contributed by atoms with E-state index in [1.165, 1.54) is 0 Å². The Morgan fingerprint density at radius 3 is 2.19 bits per heavy atom. The number of carbonyl (C=O) groups is 2. The molecule has 1 aromatic rings. The number of hydrogen-bond donors (Lipinski definition) is 3. The number of carbonyl (C=O) groups excluding carboxylic acids is 2. The second kappa shape index (κ2) is 8.91. The van der Waals surface area contributed by atoms with Crippen LogP contribution >= 0.6 is 0 Å². The van der Waals surface area contributed by atoms with Crippen LogP contribution in [0.15, 0.2) is 12.1 Å². The molecule has 0 heterocycles. The molecule has 2 rings (SSSR count). The predicted octanol–water partition coefficient (Wildman–Crippen LogP) is 4.21. The average molecular weight is 372 g/mol. The minimum atomic E-state index is -4.71. The molecule has 1 aromatic carbocycles. The normalized spacial score (nSPS) is 16.9. The fourth-order valence-corrected chi connectivity index (χ4v) is 3.19. The molecule has 26 heavy (non-hydrogen) atoms. The van der Waals surface area contributed by atoms with Crippen LogP contribution in [0, 0.1) is 0 Å². The number of phenols is 1. The molecule has 0 aromatic heterocycles. The second-order valence-corrected chi connectivity index (χ2v) is 6.55. The van der Waals surface area contributed by atoms with Crippen molar-refractivity contribution in [3.05, 3.63) is 23.3 Å². The smallest absolute Gasteiger partial charge is 0.416 e. The summed E-state index contributed by atoms with van der Waals surface area (Å²) >= 11 is 0. The SMILES string of the molecule is O=CNc1cc(C(F)(F)F)cc(C(=O)NC2CCCCCCCC2)c1O. The minimum absolute atomic E-state index is 0.142. The summed E-state index contributed by atoms with van der Waals surface area (Å²) in [6.07, 6.45) is 3.26. The standard InChI is InChI=1S/C18H23F3N2O3/c19-18(20,21)12-9-14(16(25)15(10-12)22-11-24)17(26)23-13-7-5-3-1-2-4-6-8-13/h9-11,13,25H,1-8H2,(H,22,24)(H,23,26). The first-order chi connectivity index (χ1) is 12.3. The molecule has 0 spiro atoms. The van der Waals surface area contributed by atoms with E-state index in [0.717, 1.165) is 51.4 Å². The van der Waals surface area contributed by atoms with E-state index in [2.05, 4.69) is 5.32 Å². The predicted molar refractivity (Wildman–Crippen MR) is 91.0 cm³/mol. The van der Waals surface area contributed by atoms with E-state index >= 15 is 0 Å². The molecule has 1 aliphatic rings. The van der Waals surface area contributed by atoms with E-state index in [-0.39, 0.29) is 12.5 Å². The van der Waals surface area contributed by atoms with Gasteiger partial charge in [0.05, 0.1) is 16.8 Å². The fourth-order valence-electron chi connectivity index (χ4n) is 3.19. The largest absolute Gasteiger partial charge is 0.505 e. The fraction of sp³-hybridized carbons (Fsp3) is 0.556. The molecule has 1 fully saturated rings. The molecule has 2 amide bonds. The number of aromatic hydroxyl groups is 1. The van der Waals surface area contributed by atoms with Crippen molar-refractivity contribution >= 4 is 18.0 Å². The van der Waals surface area contributed by atoms with Gasteiger partial charge in [0.2, 0.25) is 6.41 Å². The van der Waals surface area contributed by atoms with Crippen LogP contribution in [0.4, 0.5) is 18.9 Å². The van der Waals surface area contributed by atoms with Crippen LogP contribution in [0.25, 0.3) is 0 Å². The lowest BCUT2D eigenvalue weighted by Gasteiger charge is -2.19. The third-order valence-corrected chi connectivity index (χ3v) is 4.59. The number of hydrogen-bond acceptors (Lipinski definition) is 3. The summed E-state index contributed by atoms with van der Waals surface area (Å²) in [5, 5.41) is 14.8. The maximum absolute atomic E-state index is 13.1. The summed E-state index contributed by atoms with van der Waals surface area (Å²) in [5.74, 6) is -1.45. The number of nitrogens with one attached hydrogen (secondary N) is 2. The van der Waals surface area contributed by atoms with Crippen molar-refractivity contribution < 1.29 is 27.9 Å². The summed E-state index contributed by atoms with van der Waals surface area (Å²) in [5.41, 5.74) is -2.06. The first kappa shape index (κ1) is 20.1. The molecule has 1 saturated carbocycles. The quantitative estimate of drug-likeness (QED) is 0.547. The molecule has 0 radical (unpaired) electrons. The van der Waals surface area contributed by atoms with E-state index in [1.54, 1.807) is 0 Å². The van der Waals surface area contributed by atoms with Crippen molar-refractivity contribution in [1.29, 1.82) is 0 Å². The number of halogens is 3. The molecule has 8 heteroatoms. The Balaban J connectivity index is 2.25. The molecule has 0 aliphatic heterocycles. The molecular weight excluding hydrogens is 349 g/mol. The van der Waals surface area contributed by atoms with Crippen molar-refractivity contribution in [3.8, 4) is 5.75 Å². The van der Waals surface area contributed by atoms with E-state index in [9.17, 15) is 27.9 Å². The zero-order valence-corrected chi connectivity index (χ0v) is 14.4. The summed E-state index contributed by atoms with van der Waals surface area (Å²) < 4.78 is 39.2. The number of phenolic OH excluding ortho intramolecular Hbond substituents is 1. The number of anilines is 1. The van der Waals surface area contributed by atoms with Crippen molar-refractivity contribution in [2.45, 2.75) is 63.6 Å². The highest BCUT2D eigenvalue weighted by Gasteiger charge is 2.33. The molecular formula is C18H23F3N2O3. The van der Waals surface area contributed by atoms with E-state index in [4.69, 9.17) is 0 Å². The van der Waals surface area contributed by atoms with Crippen LogP contribution in [0.3, 0.4) is 0 Å². The Kier molecular flexibility index (Phi) is 6.88. The molecule has 0 atom stereocenters. The maximum atomic E-state index is 13.1. The highest BCUT2D eigenvalue weighted by Crippen LogP contribution is 2.37. The van der Waals surface area contributed by atoms with Gasteiger partial charge in [-0.05, 0) is 25.0 Å². The lowest BCUT2D eigenvalue weighted by molar-refractivity contribution is -0.137. The Morgan fingerprint density at radius 1 is 1.08 bits per heavy atom. The monoisotopic (exact) mass is 372 g/mol. The Hall–Kier alpha value is -2.25. The van der Waals surface area contributed by atoms with Gasteiger partial charge in [-0.2, -0.15) is 13.2 Å². The van der Waals surface area contributed by atoms with Gasteiger partial charge >= 0.3 is 6.18 Å². The summed E-state index contributed by atoms with van der Waals surface area (Å²) in [6, 6.07) is 1.06.